The zero-order valence-electron chi connectivity index (χ0n) is 17.3. The van der Waals surface area contributed by atoms with Gasteiger partial charge in [0.15, 0.2) is 0 Å². The zero-order valence-corrected chi connectivity index (χ0v) is 17.3. The van der Waals surface area contributed by atoms with Crippen LogP contribution in [0.1, 0.15) is 57.1 Å². The number of rotatable bonds is 2. The number of aromatic hydroxyl groups is 1. The summed E-state index contributed by atoms with van der Waals surface area (Å²) in [5.41, 5.74) is 4.45. The molecule has 152 valence electrons. The number of aliphatic carboxylic acids is 1. The molecule has 28 heavy (non-hydrogen) atoms. The molecular weight excluding hydrogens is 350 g/mol. The summed E-state index contributed by atoms with van der Waals surface area (Å²) in [5, 5.41) is 18.0. The minimum Gasteiger partial charge on any atom is -0.508 e. The molecule has 0 aromatic heterocycles. The molecule has 2 N–H and O–H groups in total. The SMILES string of the molecule is CC(C)=CC=CC(=O)O.CN1CC[C@]23CCCC[C@H]2[C@H]1Cc1ccc(O)cc13. The largest absolute Gasteiger partial charge is 0.508 e. The zero-order chi connectivity index (χ0) is 20.3. The number of carboxylic acid groups (broad SMARTS) is 1. The van der Waals surface area contributed by atoms with E-state index in [9.17, 15) is 9.90 Å². The van der Waals surface area contributed by atoms with Crippen molar-refractivity contribution < 1.29 is 15.0 Å². The third kappa shape index (κ3) is 4.17. The molecule has 0 amide bonds. The Labute approximate surface area is 168 Å². The van der Waals surface area contributed by atoms with Gasteiger partial charge in [0.05, 0.1) is 0 Å². The maximum Gasteiger partial charge on any atom is 0.328 e. The lowest BCUT2D eigenvalue weighted by Gasteiger charge is -2.58. The van der Waals surface area contributed by atoms with Gasteiger partial charge in [-0.15, -0.1) is 0 Å². The van der Waals surface area contributed by atoms with E-state index in [1.165, 1.54) is 62.3 Å². The lowest BCUT2D eigenvalue weighted by Crippen LogP contribution is -2.59. The van der Waals surface area contributed by atoms with E-state index in [1.54, 1.807) is 6.08 Å². The molecule has 1 saturated carbocycles. The van der Waals surface area contributed by atoms with Gasteiger partial charge in [-0.25, -0.2) is 4.79 Å². The molecule has 3 aliphatic rings. The number of phenolic OH excluding ortho intramolecular Hbond substituents is 1. The summed E-state index contributed by atoms with van der Waals surface area (Å²) >= 11 is 0. The van der Waals surface area contributed by atoms with Crippen LogP contribution in [0.15, 0.2) is 42.0 Å². The molecule has 1 aromatic rings. The van der Waals surface area contributed by atoms with Gasteiger partial charge in [-0.3, -0.25) is 0 Å². The number of fused-ring (bicyclic) bond motifs is 1. The van der Waals surface area contributed by atoms with Crippen LogP contribution in [-0.4, -0.2) is 40.7 Å². The minimum atomic E-state index is -0.910. The Bertz CT molecular complexity index is 778. The number of piperidine rings is 1. The highest BCUT2D eigenvalue weighted by Gasteiger charge is 2.52. The summed E-state index contributed by atoms with van der Waals surface area (Å²) in [7, 11) is 2.30. The molecular formula is C24H33NO3. The average Bonchev–Trinajstić information content (AvgIpc) is 2.65. The van der Waals surface area contributed by atoms with E-state index >= 15 is 0 Å². The predicted molar refractivity (Wildman–Crippen MR) is 113 cm³/mol. The second-order valence-electron chi connectivity index (χ2n) is 8.79. The Hall–Kier alpha value is -2.07. The normalized spacial score (nSPS) is 28.5. The minimum absolute atomic E-state index is 0.377. The van der Waals surface area contributed by atoms with Crippen LogP contribution in [0, 0.1) is 5.92 Å². The standard InChI is InChI=1S/C17H23NO.C7H10O2/c1-18-9-8-17-7-3-2-4-14(17)16(18)10-12-5-6-13(19)11-15(12)17;1-6(2)4-3-5-7(8)9/h5-6,11,14,16,19H,2-4,7-10H2,1H3;3-5H,1-2H3,(H,8,9)/t14-,16+,17+;/m0./s1. The maximum absolute atomic E-state index is 9.91. The number of carboxylic acids is 1. The summed E-state index contributed by atoms with van der Waals surface area (Å²) < 4.78 is 0. The number of carbonyl (C=O) groups is 1. The van der Waals surface area contributed by atoms with Gasteiger partial charge in [0, 0.05) is 17.5 Å². The third-order valence-electron chi connectivity index (χ3n) is 6.77. The van der Waals surface area contributed by atoms with Crippen LogP contribution in [0.5, 0.6) is 5.75 Å². The average molecular weight is 384 g/mol. The first-order valence-electron chi connectivity index (χ1n) is 10.4. The summed E-state index contributed by atoms with van der Waals surface area (Å²) in [4.78, 5) is 12.5. The van der Waals surface area contributed by atoms with Crippen molar-refractivity contribution in [1.29, 1.82) is 0 Å². The lowest BCUT2D eigenvalue weighted by molar-refractivity contribution is -0.131. The highest BCUT2D eigenvalue weighted by Crippen LogP contribution is 2.55. The summed E-state index contributed by atoms with van der Waals surface area (Å²) in [6.45, 7) is 5.04. The fourth-order valence-electron chi connectivity index (χ4n) is 5.51. The van der Waals surface area contributed by atoms with E-state index in [0.717, 1.165) is 23.6 Å². The highest BCUT2D eigenvalue weighted by molar-refractivity contribution is 5.80. The van der Waals surface area contributed by atoms with Crippen LogP contribution in [0.4, 0.5) is 0 Å². The van der Waals surface area contributed by atoms with E-state index in [1.807, 2.05) is 19.9 Å². The molecule has 1 aromatic carbocycles. The van der Waals surface area contributed by atoms with E-state index in [2.05, 4.69) is 24.1 Å². The van der Waals surface area contributed by atoms with Crippen molar-refractivity contribution in [3.05, 3.63) is 53.1 Å². The molecule has 3 atom stereocenters. The van der Waals surface area contributed by atoms with Crippen molar-refractivity contribution in [3.8, 4) is 5.75 Å². The van der Waals surface area contributed by atoms with Crippen LogP contribution < -0.4 is 0 Å². The molecule has 0 spiro atoms. The molecule has 4 nitrogen and oxygen atoms in total. The Morgan fingerprint density at radius 3 is 2.75 bits per heavy atom. The number of phenols is 1. The summed E-state index contributed by atoms with van der Waals surface area (Å²) in [6, 6.07) is 6.85. The molecule has 1 aliphatic heterocycles. The van der Waals surface area contributed by atoms with Crippen LogP contribution in [0.2, 0.25) is 0 Å². The van der Waals surface area contributed by atoms with Crippen molar-refractivity contribution in [2.24, 2.45) is 5.92 Å². The number of benzene rings is 1. The molecule has 2 bridgehead atoms. The molecule has 4 rings (SSSR count). The molecule has 4 heteroatoms. The quantitative estimate of drug-likeness (QED) is 0.575. The van der Waals surface area contributed by atoms with E-state index in [4.69, 9.17) is 5.11 Å². The second-order valence-corrected chi connectivity index (χ2v) is 8.79. The molecule has 1 saturated heterocycles. The van der Waals surface area contributed by atoms with Crippen molar-refractivity contribution in [2.45, 2.75) is 63.8 Å². The van der Waals surface area contributed by atoms with Gasteiger partial charge in [-0.05, 0) is 82.3 Å². The Morgan fingerprint density at radius 1 is 1.25 bits per heavy atom. The second kappa shape index (κ2) is 8.52. The van der Waals surface area contributed by atoms with Crippen LogP contribution in [0.25, 0.3) is 0 Å². The van der Waals surface area contributed by atoms with Gasteiger partial charge in [-0.2, -0.15) is 0 Å². The maximum atomic E-state index is 9.91. The number of likely N-dealkylation sites (tertiary alicyclic amines) is 1. The number of hydrogen-bond acceptors (Lipinski definition) is 3. The Balaban J connectivity index is 0.000000215. The van der Waals surface area contributed by atoms with Crippen LogP contribution in [-0.2, 0) is 16.6 Å². The third-order valence-corrected chi connectivity index (χ3v) is 6.77. The monoisotopic (exact) mass is 383 g/mol. The van der Waals surface area contributed by atoms with Gasteiger partial charge in [0.2, 0.25) is 0 Å². The van der Waals surface area contributed by atoms with E-state index < -0.39 is 5.97 Å². The topological polar surface area (TPSA) is 60.8 Å². The smallest absolute Gasteiger partial charge is 0.328 e. The van der Waals surface area contributed by atoms with E-state index in [0.29, 0.717) is 11.2 Å². The summed E-state index contributed by atoms with van der Waals surface area (Å²) in [5.74, 6) is 0.358. The molecule has 2 fully saturated rings. The van der Waals surface area contributed by atoms with Crippen molar-refractivity contribution in [2.75, 3.05) is 13.6 Å². The predicted octanol–water partition coefficient (Wildman–Crippen LogP) is 4.67. The number of hydrogen-bond donors (Lipinski definition) is 2. The van der Waals surface area contributed by atoms with Crippen molar-refractivity contribution >= 4 is 5.97 Å². The first-order chi connectivity index (χ1) is 13.3. The van der Waals surface area contributed by atoms with Crippen molar-refractivity contribution in [3.63, 3.8) is 0 Å². The molecule has 2 aliphatic carbocycles. The highest BCUT2D eigenvalue weighted by atomic mass is 16.4. The molecule has 0 unspecified atom stereocenters. The first-order valence-corrected chi connectivity index (χ1v) is 10.4. The first kappa shape index (κ1) is 20.7. The van der Waals surface area contributed by atoms with Crippen molar-refractivity contribution in [1.82, 2.24) is 4.90 Å². The molecule has 1 heterocycles. The summed E-state index contributed by atoms with van der Waals surface area (Å²) in [6.07, 6.45) is 12.3. The van der Waals surface area contributed by atoms with Gasteiger partial charge < -0.3 is 15.1 Å². The fourth-order valence-corrected chi connectivity index (χ4v) is 5.51. The molecule has 0 radical (unpaired) electrons. The van der Waals surface area contributed by atoms with Gasteiger partial charge >= 0.3 is 5.97 Å². The van der Waals surface area contributed by atoms with Crippen LogP contribution in [0.3, 0.4) is 0 Å². The number of nitrogens with zero attached hydrogens (tertiary/aromatic N) is 1. The van der Waals surface area contributed by atoms with Gasteiger partial charge in [0.1, 0.15) is 5.75 Å². The number of allylic oxidation sites excluding steroid dienone is 3. The van der Waals surface area contributed by atoms with Gasteiger partial charge in [-0.1, -0.05) is 36.6 Å². The fraction of sp³-hybridized carbons (Fsp3) is 0.542. The van der Waals surface area contributed by atoms with Crippen LogP contribution >= 0.6 is 0 Å². The van der Waals surface area contributed by atoms with E-state index in [-0.39, 0.29) is 0 Å². The number of likely N-dealkylation sites (N-methyl/N-ethyl adjacent to an activating group) is 1. The Kier molecular flexibility index (Phi) is 6.29. The lowest BCUT2D eigenvalue weighted by atomic mass is 9.52. The Morgan fingerprint density at radius 2 is 2.04 bits per heavy atom. The van der Waals surface area contributed by atoms with Gasteiger partial charge in [0.25, 0.3) is 0 Å².